The number of hydrogen-bond acceptors (Lipinski definition) is 4. The molecule has 0 amide bonds. The van der Waals surface area contributed by atoms with Crippen molar-refractivity contribution < 1.29 is 19.4 Å². The Bertz CT molecular complexity index is 808. The lowest BCUT2D eigenvalue weighted by molar-refractivity contribution is 0.0613. The fraction of sp³-hybridized carbons (Fsp3) is 0.182. The Labute approximate surface area is 153 Å². The van der Waals surface area contributed by atoms with E-state index in [1.165, 1.54) is 17.2 Å². The highest BCUT2D eigenvalue weighted by atomic mass is 16.5. The van der Waals surface area contributed by atoms with Crippen molar-refractivity contribution in [1.82, 2.24) is 0 Å². The molecule has 26 heavy (non-hydrogen) atoms. The summed E-state index contributed by atoms with van der Waals surface area (Å²) in [5.41, 5.74) is 3.31. The molecule has 0 aromatic heterocycles. The van der Waals surface area contributed by atoms with Crippen LogP contribution in [0.5, 0.6) is 5.75 Å². The van der Waals surface area contributed by atoms with Crippen molar-refractivity contribution >= 4 is 12.3 Å². The van der Waals surface area contributed by atoms with Gasteiger partial charge in [-0.3, -0.25) is 4.79 Å². The Kier molecular flexibility index (Phi) is 6.92. The summed E-state index contributed by atoms with van der Waals surface area (Å²) in [6.07, 6.45) is 6.13. The van der Waals surface area contributed by atoms with Crippen molar-refractivity contribution in [2.45, 2.75) is 26.7 Å². The van der Waals surface area contributed by atoms with Gasteiger partial charge in [-0.1, -0.05) is 41.5 Å². The number of aromatic hydroxyl groups is 1. The topological polar surface area (TPSA) is 63.6 Å². The van der Waals surface area contributed by atoms with Crippen LogP contribution in [0.25, 0.3) is 0 Å². The Morgan fingerprint density at radius 2 is 1.77 bits per heavy atom. The van der Waals surface area contributed by atoms with Crippen molar-refractivity contribution in [3.63, 3.8) is 0 Å². The largest absolute Gasteiger partial charge is 0.508 e. The molecule has 1 aliphatic carbocycles. The standard InChI is InChI=1S/C15H14O3.C7H8O/c1-11-5-7-14(8-6-11)18-15(17)13-4-2-3-12(9-13)10-16;1-6-2-4-7(8)5-3-6/h2-5,7,9-10H,6,8H2,1H3;2-5,8H,1H3. The van der Waals surface area contributed by atoms with Gasteiger partial charge in [-0.15, -0.1) is 0 Å². The summed E-state index contributed by atoms with van der Waals surface area (Å²) in [4.78, 5) is 22.5. The van der Waals surface area contributed by atoms with Gasteiger partial charge in [0, 0.05) is 12.0 Å². The number of esters is 1. The summed E-state index contributed by atoms with van der Waals surface area (Å²) in [5.74, 6) is 0.579. The third-order valence-electron chi connectivity index (χ3n) is 3.84. The van der Waals surface area contributed by atoms with Crippen LogP contribution in [0.2, 0.25) is 0 Å². The molecule has 1 aliphatic rings. The molecule has 4 heteroatoms. The number of rotatable bonds is 3. The van der Waals surface area contributed by atoms with Crippen LogP contribution < -0.4 is 0 Å². The lowest BCUT2D eigenvalue weighted by Crippen LogP contribution is -2.07. The molecular formula is C22H22O4. The fourth-order valence-corrected chi connectivity index (χ4v) is 2.27. The first-order chi connectivity index (χ1) is 12.5. The number of phenolic OH excluding ortho intramolecular Hbond substituents is 1. The minimum absolute atomic E-state index is 0.329. The van der Waals surface area contributed by atoms with E-state index < -0.39 is 5.97 Å². The van der Waals surface area contributed by atoms with Crippen LogP contribution in [0, 0.1) is 6.92 Å². The van der Waals surface area contributed by atoms with Crippen molar-refractivity contribution in [1.29, 1.82) is 0 Å². The predicted molar refractivity (Wildman–Crippen MR) is 101 cm³/mol. The average molecular weight is 350 g/mol. The number of aryl methyl sites for hydroxylation is 1. The van der Waals surface area contributed by atoms with Gasteiger partial charge in [-0.25, -0.2) is 4.79 Å². The van der Waals surface area contributed by atoms with E-state index in [9.17, 15) is 9.59 Å². The van der Waals surface area contributed by atoms with E-state index >= 15 is 0 Å². The Balaban J connectivity index is 0.000000254. The molecule has 0 saturated heterocycles. The first-order valence-electron chi connectivity index (χ1n) is 8.37. The third-order valence-corrected chi connectivity index (χ3v) is 3.84. The van der Waals surface area contributed by atoms with E-state index in [-0.39, 0.29) is 0 Å². The summed E-state index contributed by atoms with van der Waals surface area (Å²) in [7, 11) is 0. The highest BCUT2D eigenvalue weighted by Crippen LogP contribution is 2.20. The number of allylic oxidation sites excluding steroid dienone is 4. The molecule has 1 N–H and O–H groups in total. The molecule has 3 rings (SSSR count). The van der Waals surface area contributed by atoms with E-state index in [1.54, 1.807) is 30.3 Å². The van der Waals surface area contributed by atoms with Gasteiger partial charge in [0.2, 0.25) is 0 Å². The number of carbonyl (C=O) groups is 2. The molecule has 0 unspecified atom stereocenters. The van der Waals surface area contributed by atoms with E-state index in [2.05, 4.69) is 0 Å². The second kappa shape index (κ2) is 9.37. The quantitative estimate of drug-likeness (QED) is 0.626. The van der Waals surface area contributed by atoms with E-state index in [4.69, 9.17) is 9.84 Å². The van der Waals surface area contributed by atoms with Gasteiger partial charge in [0.1, 0.15) is 17.8 Å². The van der Waals surface area contributed by atoms with Gasteiger partial charge >= 0.3 is 5.97 Å². The van der Waals surface area contributed by atoms with Gasteiger partial charge in [0.15, 0.2) is 0 Å². The van der Waals surface area contributed by atoms with Crippen LogP contribution in [0.3, 0.4) is 0 Å². The molecule has 0 heterocycles. The minimum atomic E-state index is -0.419. The molecule has 0 atom stereocenters. The zero-order chi connectivity index (χ0) is 18.9. The lowest BCUT2D eigenvalue weighted by Gasteiger charge is -2.12. The SMILES string of the molecule is CC1=CC=C(OC(=O)c2cccc(C=O)c2)CC1.Cc1ccc(O)cc1. The number of phenols is 1. The molecule has 0 saturated carbocycles. The molecular weight excluding hydrogens is 328 g/mol. The molecule has 0 spiro atoms. The molecule has 0 bridgehead atoms. The predicted octanol–water partition coefficient (Wildman–Crippen LogP) is 4.98. The highest BCUT2D eigenvalue weighted by molar-refractivity contribution is 5.92. The van der Waals surface area contributed by atoms with Crippen molar-refractivity contribution in [3.8, 4) is 5.75 Å². The Morgan fingerprint density at radius 3 is 2.35 bits per heavy atom. The Morgan fingerprint density at radius 1 is 1.04 bits per heavy atom. The average Bonchev–Trinajstić information content (AvgIpc) is 2.66. The first-order valence-corrected chi connectivity index (χ1v) is 8.37. The van der Waals surface area contributed by atoms with Gasteiger partial charge in [-0.2, -0.15) is 0 Å². The van der Waals surface area contributed by atoms with Gasteiger partial charge in [0.05, 0.1) is 5.56 Å². The van der Waals surface area contributed by atoms with Crippen molar-refractivity contribution in [2.75, 3.05) is 0 Å². The fourth-order valence-electron chi connectivity index (χ4n) is 2.27. The van der Waals surface area contributed by atoms with E-state index in [0.29, 0.717) is 28.9 Å². The smallest absolute Gasteiger partial charge is 0.343 e. The number of benzene rings is 2. The van der Waals surface area contributed by atoms with E-state index in [0.717, 1.165) is 12.8 Å². The number of ether oxygens (including phenoxy) is 1. The van der Waals surface area contributed by atoms with Crippen molar-refractivity contribution in [2.24, 2.45) is 0 Å². The number of aldehydes is 1. The maximum Gasteiger partial charge on any atom is 0.343 e. The maximum atomic E-state index is 11.9. The zero-order valence-corrected chi connectivity index (χ0v) is 14.9. The molecule has 0 aliphatic heterocycles. The van der Waals surface area contributed by atoms with Crippen molar-refractivity contribution in [3.05, 3.63) is 88.7 Å². The number of carbonyl (C=O) groups excluding carboxylic acids is 2. The minimum Gasteiger partial charge on any atom is -0.508 e. The van der Waals surface area contributed by atoms with Gasteiger partial charge in [0.25, 0.3) is 0 Å². The maximum absolute atomic E-state index is 11.9. The van der Waals surface area contributed by atoms with Crippen LogP contribution in [-0.4, -0.2) is 17.4 Å². The van der Waals surface area contributed by atoms with Crippen LogP contribution >= 0.6 is 0 Å². The molecule has 134 valence electrons. The van der Waals surface area contributed by atoms with Gasteiger partial charge < -0.3 is 9.84 Å². The summed E-state index contributed by atoms with van der Waals surface area (Å²) >= 11 is 0. The van der Waals surface area contributed by atoms with Gasteiger partial charge in [-0.05, 0) is 50.6 Å². The Hall–Kier alpha value is -3.14. The summed E-state index contributed by atoms with van der Waals surface area (Å²) in [5, 5.41) is 8.76. The van der Waals surface area contributed by atoms with E-state index in [1.807, 2.05) is 38.1 Å². The highest BCUT2D eigenvalue weighted by Gasteiger charge is 2.12. The monoisotopic (exact) mass is 350 g/mol. The first kappa shape index (κ1) is 19.2. The molecule has 4 nitrogen and oxygen atoms in total. The molecule has 2 aromatic carbocycles. The lowest BCUT2D eigenvalue weighted by atomic mass is 10.1. The summed E-state index contributed by atoms with van der Waals surface area (Å²) in [6.45, 7) is 4.03. The van der Waals surface area contributed by atoms with Crippen LogP contribution in [-0.2, 0) is 4.74 Å². The molecule has 2 aromatic rings. The van der Waals surface area contributed by atoms with Crippen LogP contribution in [0.4, 0.5) is 0 Å². The summed E-state index contributed by atoms with van der Waals surface area (Å²) < 4.78 is 5.29. The number of hydrogen-bond donors (Lipinski definition) is 1. The second-order valence-corrected chi connectivity index (χ2v) is 6.11. The second-order valence-electron chi connectivity index (χ2n) is 6.11. The van der Waals surface area contributed by atoms with Crippen LogP contribution in [0.15, 0.2) is 72.0 Å². The van der Waals surface area contributed by atoms with Crippen LogP contribution in [0.1, 0.15) is 46.0 Å². The molecule has 0 fully saturated rings. The zero-order valence-electron chi connectivity index (χ0n) is 14.9. The molecule has 0 radical (unpaired) electrons. The summed E-state index contributed by atoms with van der Waals surface area (Å²) in [6, 6.07) is 13.6. The normalized spacial score (nSPS) is 12.8. The third kappa shape index (κ3) is 6.06.